The quantitative estimate of drug-likeness (QED) is 0.747. The Morgan fingerprint density at radius 2 is 2.00 bits per heavy atom. The molecule has 1 aromatic rings. The average Bonchev–Trinajstić information content (AvgIpc) is 2.30. The molecule has 2 heteroatoms. The standard InChI is InChI=1S/C14H20O2/c1-12(10-11-15)4-3-5-13-6-8-14(16-2)9-7-13/h4,6-9,15H,3,5,10-11H2,1-2H3/b12-4+. The molecule has 0 fully saturated rings. The van der Waals surface area contributed by atoms with Gasteiger partial charge in [-0.3, -0.25) is 0 Å². The number of aliphatic hydroxyl groups excluding tert-OH is 1. The average molecular weight is 220 g/mol. The van der Waals surface area contributed by atoms with Gasteiger partial charge in [-0.1, -0.05) is 23.8 Å². The molecule has 0 aromatic heterocycles. The van der Waals surface area contributed by atoms with E-state index in [1.165, 1.54) is 11.1 Å². The number of allylic oxidation sites excluding steroid dienone is 1. The molecule has 0 radical (unpaired) electrons. The summed E-state index contributed by atoms with van der Waals surface area (Å²) in [5.41, 5.74) is 2.57. The first kappa shape index (κ1) is 12.8. The fraction of sp³-hybridized carbons (Fsp3) is 0.429. The third kappa shape index (κ3) is 4.49. The van der Waals surface area contributed by atoms with Gasteiger partial charge in [-0.05, 0) is 43.9 Å². The van der Waals surface area contributed by atoms with Crippen LogP contribution in [0.5, 0.6) is 5.75 Å². The lowest BCUT2D eigenvalue weighted by Crippen LogP contribution is -1.88. The van der Waals surface area contributed by atoms with Gasteiger partial charge in [0.2, 0.25) is 0 Å². The third-order valence-corrected chi connectivity index (χ3v) is 2.59. The van der Waals surface area contributed by atoms with Crippen LogP contribution in [0.15, 0.2) is 35.9 Å². The molecule has 0 heterocycles. The summed E-state index contributed by atoms with van der Waals surface area (Å²) >= 11 is 0. The minimum absolute atomic E-state index is 0.241. The molecular weight excluding hydrogens is 200 g/mol. The van der Waals surface area contributed by atoms with Gasteiger partial charge in [-0.25, -0.2) is 0 Å². The van der Waals surface area contributed by atoms with Crippen LogP contribution in [0, 0.1) is 0 Å². The highest BCUT2D eigenvalue weighted by Gasteiger charge is 1.94. The molecular formula is C14H20O2. The second-order valence-corrected chi connectivity index (χ2v) is 3.91. The Hall–Kier alpha value is -1.28. The maximum absolute atomic E-state index is 8.76. The Morgan fingerprint density at radius 3 is 2.56 bits per heavy atom. The summed E-state index contributed by atoms with van der Waals surface area (Å²) in [6, 6.07) is 8.15. The lowest BCUT2D eigenvalue weighted by Gasteiger charge is -2.02. The van der Waals surface area contributed by atoms with E-state index in [-0.39, 0.29) is 6.61 Å². The molecule has 0 saturated carbocycles. The van der Waals surface area contributed by atoms with Gasteiger partial charge >= 0.3 is 0 Å². The predicted octanol–water partition coefficient (Wildman–Crippen LogP) is 2.96. The highest BCUT2D eigenvalue weighted by Crippen LogP contribution is 2.13. The minimum Gasteiger partial charge on any atom is -0.497 e. The van der Waals surface area contributed by atoms with Crippen LogP contribution in [0.2, 0.25) is 0 Å². The third-order valence-electron chi connectivity index (χ3n) is 2.59. The molecule has 16 heavy (non-hydrogen) atoms. The smallest absolute Gasteiger partial charge is 0.118 e. The van der Waals surface area contributed by atoms with E-state index < -0.39 is 0 Å². The van der Waals surface area contributed by atoms with Crippen molar-refractivity contribution in [2.24, 2.45) is 0 Å². The summed E-state index contributed by atoms with van der Waals surface area (Å²) in [5, 5.41) is 8.76. The van der Waals surface area contributed by atoms with Crippen molar-refractivity contribution >= 4 is 0 Å². The zero-order chi connectivity index (χ0) is 11.8. The van der Waals surface area contributed by atoms with Gasteiger partial charge in [0.05, 0.1) is 7.11 Å². The highest BCUT2D eigenvalue weighted by atomic mass is 16.5. The summed E-state index contributed by atoms with van der Waals surface area (Å²) in [6.45, 7) is 2.30. The van der Waals surface area contributed by atoms with Crippen LogP contribution in [-0.2, 0) is 6.42 Å². The molecule has 0 aliphatic rings. The predicted molar refractivity (Wildman–Crippen MR) is 66.8 cm³/mol. The van der Waals surface area contributed by atoms with Crippen molar-refractivity contribution in [1.82, 2.24) is 0 Å². The molecule has 0 amide bonds. The summed E-state index contributed by atoms with van der Waals surface area (Å²) in [6.07, 6.45) is 5.04. The molecule has 0 unspecified atom stereocenters. The molecule has 0 aliphatic carbocycles. The van der Waals surface area contributed by atoms with E-state index >= 15 is 0 Å². The van der Waals surface area contributed by atoms with Crippen LogP contribution < -0.4 is 4.74 Å². The molecule has 0 atom stereocenters. The van der Waals surface area contributed by atoms with Gasteiger partial charge in [-0.15, -0.1) is 0 Å². The van der Waals surface area contributed by atoms with Crippen molar-refractivity contribution in [2.45, 2.75) is 26.2 Å². The monoisotopic (exact) mass is 220 g/mol. The molecule has 0 bridgehead atoms. The van der Waals surface area contributed by atoms with Crippen LogP contribution in [0.25, 0.3) is 0 Å². The van der Waals surface area contributed by atoms with Gasteiger partial charge < -0.3 is 9.84 Å². The zero-order valence-corrected chi connectivity index (χ0v) is 10.1. The van der Waals surface area contributed by atoms with E-state index in [1.807, 2.05) is 12.1 Å². The summed E-state index contributed by atoms with van der Waals surface area (Å²) in [7, 11) is 1.68. The van der Waals surface area contributed by atoms with Crippen molar-refractivity contribution in [3.63, 3.8) is 0 Å². The Bertz CT molecular complexity index is 325. The Labute approximate surface area is 97.6 Å². The fourth-order valence-electron chi connectivity index (χ4n) is 1.56. The van der Waals surface area contributed by atoms with E-state index in [9.17, 15) is 0 Å². The molecule has 1 aromatic carbocycles. The molecule has 1 N–H and O–H groups in total. The summed E-state index contributed by atoms with van der Waals surface area (Å²) in [5.74, 6) is 0.899. The second kappa shape index (κ2) is 7.07. The normalized spacial score (nSPS) is 11.6. The largest absolute Gasteiger partial charge is 0.497 e. The first-order chi connectivity index (χ1) is 7.76. The van der Waals surface area contributed by atoms with Gasteiger partial charge in [0.15, 0.2) is 0 Å². The van der Waals surface area contributed by atoms with Gasteiger partial charge in [0.1, 0.15) is 5.75 Å². The Kier molecular flexibility index (Phi) is 5.65. The number of ether oxygens (including phenoxy) is 1. The first-order valence-corrected chi connectivity index (χ1v) is 5.65. The van der Waals surface area contributed by atoms with E-state index in [4.69, 9.17) is 9.84 Å². The fourth-order valence-corrected chi connectivity index (χ4v) is 1.56. The molecule has 0 saturated heterocycles. The maximum Gasteiger partial charge on any atom is 0.118 e. The van der Waals surface area contributed by atoms with Gasteiger partial charge in [0, 0.05) is 6.61 Å². The molecule has 0 aliphatic heterocycles. The number of benzene rings is 1. The Morgan fingerprint density at radius 1 is 1.31 bits per heavy atom. The Balaban J connectivity index is 2.39. The minimum atomic E-state index is 0.241. The van der Waals surface area contributed by atoms with Crippen molar-refractivity contribution in [1.29, 1.82) is 0 Å². The molecule has 1 rings (SSSR count). The van der Waals surface area contributed by atoms with Crippen LogP contribution in [-0.4, -0.2) is 18.8 Å². The van der Waals surface area contributed by atoms with Crippen LogP contribution in [0.3, 0.4) is 0 Å². The van der Waals surface area contributed by atoms with Crippen LogP contribution in [0.4, 0.5) is 0 Å². The van der Waals surface area contributed by atoms with Crippen molar-refractivity contribution in [3.05, 3.63) is 41.5 Å². The molecule has 2 nitrogen and oxygen atoms in total. The van der Waals surface area contributed by atoms with Crippen molar-refractivity contribution < 1.29 is 9.84 Å². The molecule has 88 valence electrons. The summed E-state index contributed by atoms with van der Waals surface area (Å²) < 4.78 is 5.10. The van der Waals surface area contributed by atoms with E-state index in [0.717, 1.165) is 25.0 Å². The first-order valence-electron chi connectivity index (χ1n) is 5.65. The van der Waals surface area contributed by atoms with Gasteiger partial charge in [-0.2, -0.15) is 0 Å². The van der Waals surface area contributed by atoms with Crippen molar-refractivity contribution in [3.8, 4) is 5.75 Å². The maximum atomic E-state index is 8.76. The number of methoxy groups -OCH3 is 1. The second-order valence-electron chi connectivity index (χ2n) is 3.91. The topological polar surface area (TPSA) is 29.5 Å². The van der Waals surface area contributed by atoms with Crippen molar-refractivity contribution in [2.75, 3.05) is 13.7 Å². The number of hydrogen-bond donors (Lipinski definition) is 1. The number of hydrogen-bond acceptors (Lipinski definition) is 2. The molecule has 0 spiro atoms. The van der Waals surface area contributed by atoms with Gasteiger partial charge in [0.25, 0.3) is 0 Å². The van der Waals surface area contributed by atoms with Crippen LogP contribution >= 0.6 is 0 Å². The SMILES string of the molecule is COc1ccc(CC/C=C(\C)CCO)cc1. The van der Waals surface area contributed by atoms with E-state index in [1.54, 1.807) is 7.11 Å². The summed E-state index contributed by atoms with van der Waals surface area (Å²) in [4.78, 5) is 0. The highest BCUT2D eigenvalue weighted by molar-refractivity contribution is 5.27. The van der Waals surface area contributed by atoms with Crippen LogP contribution in [0.1, 0.15) is 25.3 Å². The number of aryl methyl sites for hydroxylation is 1. The zero-order valence-electron chi connectivity index (χ0n) is 10.1. The number of aliphatic hydroxyl groups is 1. The van der Waals surface area contributed by atoms with E-state index in [0.29, 0.717) is 0 Å². The lowest BCUT2D eigenvalue weighted by atomic mass is 10.1. The lowest BCUT2D eigenvalue weighted by molar-refractivity contribution is 0.299. The van der Waals surface area contributed by atoms with E-state index in [2.05, 4.69) is 25.1 Å². The number of rotatable bonds is 6.